The van der Waals surface area contributed by atoms with Gasteiger partial charge in [0.15, 0.2) is 0 Å². The van der Waals surface area contributed by atoms with Crippen LogP contribution in [0, 0.1) is 0 Å². The third-order valence-electron chi connectivity index (χ3n) is 4.35. The van der Waals surface area contributed by atoms with Crippen molar-refractivity contribution in [2.45, 2.75) is 19.6 Å². The normalized spacial score (nSPS) is 10.1. The number of nitrogens with zero attached hydrogens (tertiary/aromatic N) is 6. The summed E-state index contributed by atoms with van der Waals surface area (Å²) in [6.07, 6.45) is 0. The number of hydrogen-bond donors (Lipinski definition) is 0. The summed E-state index contributed by atoms with van der Waals surface area (Å²) < 4.78 is 5.96. The molecule has 33 heavy (non-hydrogen) atoms. The largest absolute Gasteiger partial charge is 0.457 e. The van der Waals surface area contributed by atoms with Crippen LogP contribution in [0.1, 0.15) is 0 Å². The second-order valence-electron chi connectivity index (χ2n) is 6.62. The average Bonchev–Trinajstić information content (AvgIpc) is 2.84. The second-order valence-corrected chi connectivity index (χ2v) is 8.91. The quantitative estimate of drug-likeness (QED) is 0.146. The average molecular weight is 469 g/mol. The molecule has 0 bridgehead atoms. The van der Waals surface area contributed by atoms with Crippen molar-refractivity contribution in [3.63, 3.8) is 0 Å². The van der Waals surface area contributed by atoms with Gasteiger partial charge in [-0.3, -0.25) is 0 Å². The fourth-order valence-electron chi connectivity index (χ4n) is 2.82. The van der Waals surface area contributed by atoms with Gasteiger partial charge in [-0.05, 0) is 83.9 Å². The molecule has 0 radical (unpaired) electrons. The fourth-order valence-corrected chi connectivity index (χ4v) is 4.46. The van der Waals surface area contributed by atoms with E-state index in [1.54, 1.807) is 47.8 Å². The molecule has 0 amide bonds. The highest BCUT2D eigenvalue weighted by Crippen LogP contribution is 2.33. The van der Waals surface area contributed by atoms with E-state index < -0.39 is 0 Å². The Morgan fingerprint density at radius 1 is 0.485 bits per heavy atom. The van der Waals surface area contributed by atoms with Gasteiger partial charge in [-0.15, -0.1) is 0 Å². The maximum Gasteiger partial charge on any atom is 0.127 e. The summed E-state index contributed by atoms with van der Waals surface area (Å²) in [6.45, 7) is 0. The van der Waals surface area contributed by atoms with E-state index in [2.05, 4.69) is 20.1 Å². The predicted octanol–water partition coefficient (Wildman–Crippen LogP) is 9.66. The van der Waals surface area contributed by atoms with E-state index >= 15 is 0 Å². The molecule has 0 aromatic heterocycles. The first-order chi connectivity index (χ1) is 16.2. The van der Waals surface area contributed by atoms with Gasteiger partial charge in [-0.2, -0.15) is 0 Å². The lowest BCUT2D eigenvalue weighted by atomic mass is 10.3. The zero-order valence-corrected chi connectivity index (χ0v) is 18.8. The summed E-state index contributed by atoms with van der Waals surface area (Å²) in [7, 11) is 0. The Morgan fingerprint density at radius 2 is 0.788 bits per heavy atom. The molecule has 0 spiro atoms. The van der Waals surface area contributed by atoms with Gasteiger partial charge in [-0.25, -0.2) is 0 Å². The van der Waals surface area contributed by atoms with Gasteiger partial charge in [0.25, 0.3) is 0 Å². The van der Waals surface area contributed by atoms with Crippen LogP contribution >= 0.6 is 23.5 Å². The number of ether oxygens (including phenoxy) is 1. The molecule has 0 aliphatic rings. The molecule has 0 aliphatic heterocycles. The molecule has 0 fully saturated rings. The first-order valence-electron chi connectivity index (χ1n) is 9.76. The van der Waals surface area contributed by atoms with Crippen LogP contribution in [0.3, 0.4) is 0 Å². The molecule has 4 rings (SSSR count). The van der Waals surface area contributed by atoms with Gasteiger partial charge in [0.05, 0.1) is 0 Å². The van der Waals surface area contributed by atoms with E-state index in [9.17, 15) is 0 Å². The van der Waals surface area contributed by atoms with E-state index in [-0.39, 0.29) is 0 Å². The van der Waals surface area contributed by atoms with Crippen LogP contribution in [-0.4, -0.2) is 0 Å². The molecule has 4 aromatic rings. The molecule has 0 saturated carbocycles. The van der Waals surface area contributed by atoms with Crippen molar-refractivity contribution < 1.29 is 4.74 Å². The number of azide groups is 2. The van der Waals surface area contributed by atoms with Crippen LogP contribution < -0.4 is 4.74 Å². The van der Waals surface area contributed by atoms with Crippen molar-refractivity contribution in [1.82, 2.24) is 0 Å². The molecule has 4 aromatic carbocycles. The molecule has 160 valence electrons. The van der Waals surface area contributed by atoms with Gasteiger partial charge in [0.2, 0.25) is 0 Å². The first kappa shape index (κ1) is 22.2. The summed E-state index contributed by atoms with van der Waals surface area (Å²) in [5.41, 5.74) is 18.2. The monoisotopic (exact) mass is 468 g/mol. The third kappa shape index (κ3) is 6.49. The maximum atomic E-state index is 8.48. The smallest absolute Gasteiger partial charge is 0.127 e. The van der Waals surface area contributed by atoms with E-state index in [1.165, 1.54) is 0 Å². The maximum absolute atomic E-state index is 8.48. The van der Waals surface area contributed by atoms with Crippen molar-refractivity contribution in [3.05, 3.63) is 118 Å². The van der Waals surface area contributed by atoms with Gasteiger partial charge in [0.1, 0.15) is 11.5 Å². The minimum absolute atomic E-state index is 0.596. The molecule has 0 unspecified atom stereocenters. The molecular formula is C24H16N6OS2. The summed E-state index contributed by atoms with van der Waals surface area (Å²) in [6, 6.07) is 30.6. The van der Waals surface area contributed by atoms with Crippen molar-refractivity contribution in [2.24, 2.45) is 10.2 Å². The van der Waals surface area contributed by atoms with Crippen molar-refractivity contribution in [2.75, 3.05) is 0 Å². The van der Waals surface area contributed by atoms with Crippen molar-refractivity contribution in [3.8, 4) is 11.5 Å². The minimum atomic E-state index is 0.596. The van der Waals surface area contributed by atoms with Crippen LogP contribution in [0.2, 0.25) is 0 Å². The Hall–Kier alpha value is -4.00. The molecule has 0 heterocycles. The molecule has 0 N–H and O–H groups in total. The SMILES string of the molecule is [N-]=[N+]=Nc1ccc(Sc2ccc(Oc3ccc(Sc4ccc(N=[N+]=[N-])cc4)cc3)cc2)cc1. The summed E-state index contributed by atoms with van der Waals surface area (Å²) in [4.78, 5) is 9.85. The summed E-state index contributed by atoms with van der Waals surface area (Å²) >= 11 is 3.24. The Labute approximate surface area is 198 Å². The summed E-state index contributed by atoms with van der Waals surface area (Å²) in [5, 5.41) is 7.16. The van der Waals surface area contributed by atoms with Crippen molar-refractivity contribution >= 4 is 34.9 Å². The van der Waals surface area contributed by atoms with Gasteiger partial charge in [0, 0.05) is 40.8 Å². The first-order valence-corrected chi connectivity index (χ1v) is 11.4. The van der Waals surface area contributed by atoms with Crippen LogP contribution in [-0.2, 0) is 0 Å². The predicted molar refractivity (Wildman–Crippen MR) is 132 cm³/mol. The molecule has 0 atom stereocenters. The van der Waals surface area contributed by atoms with E-state index in [0.717, 1.165) is 31.1 Å². The molecule has 0 saturated heterocycles. The Morgan fingerprint density at radius 3 is 1.09 bits per heavy atom. The van der Waals surface area contributed by atoms with Gasteiger partial charge < -0.3 is 4.74 Å². The van der Waals surface area contributed by atoms with Crippen molar-refractivity contribution in [1.29, 1.82) is 0 Å². The molecule has 7 nitrogen and oxygen atoms in total. The fraction of sp³-hybridized carbons (Fsp3) is 0. The van der Waals surface area contributed by atoms with Crippen LogP contribution in [0.4, 0.5) is 11.4 Å². The lowest BCUT2D eigenvalue weighted by Gasteiger charge is -2.08. The second kappa shape index (κ2) is 11.0. The lowest BCUT2D eigenvalue weighted by molar-refractivity contribution is 0.482. The molecule has 9 heteroatoms. The minimum Gasteiger partial charge on any atom is -0.457 e. The van der Waals surface area contributed by atoms with E-state index in [0.29, 0.717) is 11.4 Å². The van der Waals surface area contributed by atoms with E-state index in [4.69, 9.17) is 15.8 Å². The summed E-state index contributed by atoms with van der Waals surface area (Å²) in [5.74, 6) is 1.51. The van der Waals surface area contributed by atoms with E-state index in [1.807, 2.05) is 72.8 Å². The highest BCUT2D eigenvalue weighted by Gasteiger charge is 2.03. The zero-order valence-electron chi connectivity index (χ0n) is 17.1. The van der Waals surface area contributed by atoms with Crippen LogP contribution in [0.5, 0.6) is 11.5 Å². The van der Waals surface area contributed by atoms with Crippen LogP contribution in [0.15, 0.2) is 127 Å². The Kier molecular flexibility index (Phi) is 7.43. The number of hydrogen-bond acceptors (Lipinski definition) is 5. The van der Waals surface area contributed by atoms with Crippen LogP contribution in [0.25, 0.3) is 20.9 Å². The molecular weight excluding hydrogens is 452 g/mol. The standard InChI is InChI=1S/C24H16N6OS2/c25-29-27-17-1-9-21(10-2-17)32-23-13-5-19(6-14-23)31-20-7-15-24(16-8-20)33-22-11-3-18(4-12-22)28-30-26/h1-16H. The van der Waals surface area contributed by atoms with Gasteiger partial charge in [-0.1, -0.05) is 58.0 Å². The highest BCUT2D eigenvalue weighted by molar-refractivity contribution is 7.99. The Balaban J connectivity index is 1.34. The lowest BCUT2D eigenvalue weighted by Crippen LogP contribution is -1.84. The molecule has 0 aliphatic carbocycles. The highest BCUT2D eigenvalue weighted by atomic mass is 32.2. The number of benzene rings is 4. The topological polar surface area (TPSA) is 107 Å². The van der Waals surface area contributed by atoms with Gasteiger partial charge >= 0.3 is 0 Å². The Bertz CT molecular complexity index is 1210. The third-order valence-corrected chi connectivity index (χ3v) is 6.38. The number of rotatable bonds is 8. The zero-order chi connectivity index (χ0) is 22.9.